The van der Waals surface area contributed by atoms with Crippen LogP contribution in [0.5, 0.6) is 0 Å². The van der Waals surface area contributed by atoms with Gasteiger partial charge in [-0.1, -0.05) is 19.3 Å². The summed E-state index contributed by atoms with van der Waals surface area (Å²) in [5.74, 6) is 0. The van der Waals surface area contributed by atoms with Crippen molar-refractivity contribution in [2.24, 2.45) is 0 Å². The summed E-state index contributed by atoms with van der Waals surface area (Å²) < 4.78 is 1.49. The number of benzene rings is 1. The molecular weight excluding hydrogens is 224 g/mol. The molecule has 3 rings (SSSR count). The second kappa shape index (κ2) is 4.81. The summed E-state index contributed by atoms with van der Waals surface area (Å²) >= 11 is 1.90. The standard InChI is InChI=1S/C16H20S/c1-12-11-17-16-10-14-8-6-4-2-3-5-7-13(14)9-15(12)16/h9-11H,2-8H2,1H3. The Kier molecular flexibility index (Phi) is 3.19. The fourth-order valence-electron chi connectivity index (χ4n) is 2.91. The molecular formula is C16H20S. The normalized spacial score (nSPS) is 17.2. The molecule has 17 heavy (non-hydrogen) atoms. The van der Waals surface area contributed by atoms with Crippen molar-refractivity contribution in [1.82, 2.24) is 0 Å². The number of hydrogen-bond acceptors (Lipinski definition) is 1. The molecule has 1 aromatic carbocycles. The lowest BCUT2D eigenvalue weighted by Gasteiger charge is -2.08. The van der Waals surface area contributed by atoms with Crippen molar-refractivity contribution in [3.63, 3.8) is 0 Å². The number of thiophene rings is 1. The summed E-state index contributed by atoms with van der Waals surface area (Å²) in [5.41, 5.74) is 4.70. The van der Waals surface area contributed by atoms with Crippen molar-refractivity contribution in [3.05, 3.63) is 34.2 Å². The first kappa shape index (κ1) is 11.3. The lowest BCUT2D eigenvalue weighted by Crippen LogP contribution is -1.93. The molecule has 0 saturated carbocycles. The van der Waals surface area contributed by atoms with Gasteiger partial charge in [-0.15, -0.1) is 11.3 Å². The number of aryl methyl sites for hydroxylation is 3. The summed E-state index contributed by atoms with van der Waals surface area (Å²) in [7, 11) is 0. The number of fused-ring (bicyclic) bond motifs is 2. The second-order valence-electron chi connectivity index (χ2n) is 5.30. The third kappa shape index (κ3) is 2.26. The van der Waals surface area contributed by atoms with Crippen LogP contribution in [0.1, 0.15) is 48.8 Å². The molecule has 0 radical (unpaired) electrons. The van der Waals surface area contributed by atoms with E-state index in [2.05, 4.69) is 24.4 Å². The van der Waals surface area contributed by atoms with E-state index in [4.69, 9.17) is 0 Å². The molecule has 1 aliphatic rings. The molecule has 0 bridgehead atoms. The molecule has 90 valence electrons. The quantitative estimate of drug-likeness (QED) is 0.593. The Hall–Kier alpha value is -0.820. The van der Waals surface area contributed by atoms with E-state index in [-0.39, 0.29) is 0 Å². The Bertz CT molecular complexity index is 522. The average molecular weight is 244 g/mol. The minimum absolute atomic E-state index is 1.29. The topological polar surface area (TPSA) is 0 Å². The largest absolute Gasteiger partial charge is 0.144 e. The molecule has 1 heteroatoms. The van der Waals surface area contributed by atoms with Crippen LogP contribution < -0.4 is 0 Å². The van der Waals surface area contributed by atoms with Crippen LogP contribution in [0.25, 0.3) is 10.1 Å². The van der Waals surface area contributed by atoms with Gasteiger partial charge in [0.05, 0.1) is 0 Å². The summed E-state index contributed by atoms with van der Waals surface area (Å²) in [6, 6.07) is 4.94. The summed E-state index contributed by atoms with van der Waals surface area (Å²) in [4.78, 5) is 0. The molecule has 0 amide bonds. The van der Waals surface area contributed by atoms with Gasteiger partial charge in [0.2, 0.25) is 0 Å². The maximum absolute atomic E-state index is 2.47. The Labute approximate surface area is 108 Å². The van der Waals surface area contributed by atoms with Gasteiger partial charge in [-0.25, -0.2) is 0 Å². The highest BCUT2D eigenvalue weighted by molar-refractivity contribution is 7.17. The van der Waals surface area contributed by atoms with Gasteiger partial charge in [-0.05, 0) is 72.2 Å². The zero-order valence-electron chi connectivity index (χ0n) is 10.6. The molecule has 0 N–H and O–H groups in total. The van der Waals surface area contributed by atoms with E-state index >= 15 is 0 Å². The Morgan fingerprint density at radius 1 is 0.882 bits per heavy atom. The first-order valence-corrected chi connectivity index (χ1v) is 7.72. The van der Waals surface area contributed by atoms with Crippen LogP contribution in [-0.4, -0.2) is 0 Å². The SMILES string of the molecule is Cc1csc2cc3c(cc12)CCCCCCC3. The van der Waals surface area contributed by atoms with Crippen LogP contribution in [0.15, 0.2) is 17.5 Å². The van der Waals surface area contributed by atoms with Crippen molar-refractivity contribution in [2.75, 3.05) is 0 Å². The van der Waals surface area contributed by atoms with E-state index in [0.29, 0.717) is 0 Å². The molecule has 0 saturated heterocycles. The van der Waals surface area contributed by atoms with E-state index in [9.17, 15) is 0 Å². The van der Waals surface area contributed by atoms with E-state index in [1.54, 1.807) is 11.1 Å². The third-order valence-electron chi connectivity index (χ3n) is 3.98. The average Bonchev–Trinajstić information content (AvgIpc) is 2.73. The molecule has 0 unspecified atom stereocenters. The molecule has 1 aliphatic carbocycles. The van der Waals surface area contributed by atoms with Crippen molar-refractivity contribution >= 4 is 21.4 Å². The van der Waals surface area contributed by atoms with Crippen LogP contribution in [-0.2, 0) is 12.8 Å². The van der Waals surface area contributed by atoms with E-state index in [0.717, 1.165) is 0 Å². The minimum Gasteiger partial charge on any atom is -0.144 e. The fraction of sp³-hybridized carbons (Fsp3) is 0.500. The lowest BCUT2D eigenvalue weighted by atomic mass is 9.97. The Morgan fingerprint density at radius 3 is 2.29 bits per heavy atom. The molecule has 0 nitrogen and oxygen atoms in total. The van der Waals surface area contributed by atoms with Gasteiger partial charge in [-0.3, -0.25) is 0 Å². The fourth-order valence-corrected chi connectivity index (χ4v) is 3.90. The predicted molar refractivity (Wildman–Crippen MR) is 77.1 cm³/mol. The Morgan fingerprint density at radius 2 is 1.53 bits per heavy atom. The van der Waals surface area contributed by atoms with Gasteiger partial charge < -0.3 is 0 Å². The van der Waals surface area contributed by atoms with Crippen molar-refractivity contribution < 1.29 is 0 Å². The molecule has 2 aromatic rings. The van der Waals surface area contributed by atoms with Gasteiger partial charge in [0, 0.05) is 4.70 Å². The monoisotopic (exact) mass is 244 g/mol. The van der Waals surface area contributed by atoms with Gasteiger partial charge in [-0.2, -0.15) is 0 Å². The third-order valence-corrected chi connectivity index (χ3v) is 5.04. The summed E-state index contributed by atoms with van der Waals surface area (Å²) in [5, 5.41) is 3.79. The maximum Gasteiger partial charge on any atom is 0.0348 e. The smallest absolute Gasteiger partial charge is 0.0348 e. The van der Waals surface area contributed by atoms with Gasteiger partial charge in [0.15, 0.2) is 0 Å². The van der Waals surface area contributed by atoms with Crippen LogP contribution in [0.4, 0.5) is 0 Å². The van der Waals surface area contributed by atoms with Crippen molar-refractivity contribution in [2.45, 2.75) is 51.9 Å². The van der Waals surface area contributed by atoms with Crippen LogP contribution in [0, 0.1) is 6.92 Å². The van der Waals surface area contributed by atoms with Gasteiger partial charge in [0.25, 0.3) is 0 Å². The first-order valence-electron chi connectivity index (χ1n) is 6.84. The van der Waals surface area contributed by atoms with Crippen LogP contribution >= 0.6 is 11.3 Å². The zero-order chi connectivity index (χ0) is 11.7. The van der Waals surface area contributed by atoms with E-state index in [1.807, 2.05) is 11.3 Å². The molecule has 0 spiro atoms. The summed E-state index contributed by atoms with van der Waals surface area (Å²) in [6.07, 6.45) is 9.61. The molecule has 1 aromatic heterocycles. The van der Waals surface area contributed by atoms with Gasteiger partial charge in [0.1, 0.15) is 0 Å². The van der Waals surface area contributed by atoms with Crippen molar-refractivity contribution in [1.29, 1.82) is 0 Å². The van der Waals surface area contributed by atoms with E-state index < -0.39 is 0 Å². The molecule has 0 atom stereocenters. The molecule has 0 fully saturated rings. The van der Waals surface area contributed by atoms with Gasteiger partial charge >= 0.3 is 0 Å². The lowest BCUT2D eigenvalue weighted by molar-refractivity contribution is 0.629. The van der Waals surface area contributed by atoms with Crippen LogP contribution in [0.3, 0.4) is 0 Å². The first-order chi connectivity index (χ1) is 8.34. The highest BCUT2D eigenvalue weighted by Gasteiger charge is 2.09. The maximum atomic E-state index is 2.47. The highest BCUT2D eigenvalue weighted by Crippen LogP contribution is 2.31. The number of hydrogen-bond donors (Lipinski definition) is 0. The summed E-state index contributed by atoms with van der Waals surface area (Å²) in [6.45, 7) is 2.24. The Balaban J connectivity index is 2.07. The number of rotatable bonds is 0. The zero-order valence-corrected chi connectivity index (χ0v) is 11.4. The molecule has 1 heterocycles. The molecule has 0 aliphatic heterocycles. The highest BCUT2D eigenvalue weighted by atomic mass is 32.1. The second-order valence-corrected chi connectivity index (χ2v) is 6.21. The van der Waals surface area contributed by atoms with Crippen LogP contribution in [0.2, 0.25) is 0 Å². The predicted octanol–water partition coefficient (Wildman–Crippen LogP) is 5.26. The van der Waals surface area contributed by atoms with Crippen molar-refractivity contribution in [3.8, 4) is 0 Å². The van der Waals surface area contributed by atoms with E-state index in [1.165, 1.54) is 60.6 Å². The minimum atomic E-state index is 1.29.